The Morgan fingerprint density at radius 2 is 2.07 bits per heavy atom. The molecule has 5 nitrogen and oxygen atoms in total. The molecule has 1 rings (SSSR count). The van der Waals surface area contributed by atoms with E-state index in [1.54, 1.807) is 24.3 Å². The van der Waals surface area contributed by atoms with E-state index < -0.39 is 12.6 Å². The molecule has 0 saturated heterocycles. The average molecular weight is 209 g/mol. The highest BCUT2D eigenvalue weighted by molar-refractivity contribution is 5.90. The molecule has 0 atom stereocenters. The Hall–Kier alpha value is -2.04. The Bertz CT molecular complexity index is 375. The average Bonchev–Trinajstić information content (AvgIpc) is 2.15. The van der Waals surface area contributed by atoms with E-state index in [1.165, 1.54) is 6.92 Å². The van der Waals surface area contributed by atoms with Crippen LogP contribution >= 0.6 is 0 Å². The number of anilines is 1. The van der Waals surface area contributed by atoms with Gasteiger partial charge in [-0.05, 0) is 12.1 Å². The molecule has 0 unspecified atom stereocenters. The van der Waals surface area contributed by atoms with E-state index >= 15 is 0 Å². The third-order valence-electron chi connectivity index (χ3n) is 1.55. The number of nitrogens with one attached hydrogen (secondary N) is 1. The molecule has 1 amide bonds. The quantitative estimate of drug-likeness (QED) is 0.778. The Morgan fingerprint density at radius 1 is 1.40 bits per heavy atom. The molecule has 1 aromatic carbocycles. The molecule has 0 radical (unpaired) electrons. The molecule has 0 bridgehead atoms. The Morgan fingerprint density at radius 3 is 2.67 bits per heavy atom. The van der Waals surface area contributed by atoms with E-state index in [9.17, 15) is 9.59 Å². The molecule has 80 valence electrons. The fraction of sp³-hybridized carbons (Fsp3) is 0.200. The molecule has 0 aliphatic carbocycles. The smallest absolute Gasteiger partial charge is 0.341 e. The highest BCUT2D eigenvalue weighted by Gasteiger charge is 2.05. The molecule has 0 fully saturated rings. The predicted octanol–water partition coefficient (Wildman–Crippen LogP) is 1.11. The standard InChI is InChI=1S/C10H11NO4/c1-7(12)11-8-4-2-3-5-9(8)15-6-10(13)14/h2-5H,6H2,1H3,(H,11,12)(H,13,14). The van der Waals surface area contributed by atoms with E-state index in [2.05, 4.69) is 5.32 Å². The summed E-state index contributed by atoms with van der Waals surface area (Å²) in [5.74, 6) is -0.955. The van der Waals surface area contributed by atoms with Gasteiger partial charge in [-0.2, -0.15) is 0 Å². The molecule has 1 aromatic rings. The van der Waals surface area contributed by atoms with Gasteiger partial charge < -0.3 is 15.2 Å². The second-order valence-electron chi connectivity index (χ2n) is 2.86. The number of carbonyl (C=O) groups is 2. The Balaban J connectivity index is 2.76. The Kier molecular flexibility index (Phi) is 3.68. The van der Waals surface area contributed by atoms with Crippen molar-refractivity contribution in [1.29, 1.82) is 0 Å². The first-order chi connectivity index (χ1) is 7.09. The van der Waals surface area contributed by atoms with Crippen molar-refractivity contribution in [3.8, 4) is 5.75 Å². The monoisotopic (exact) mass is 209 g/mol. The number of rotatable bonds is 4. The van der Waals surface area contributed by atoms with Gasteiger partial charge in [0.15, 0.2) is 6.61 Å². The number of amides is 1. The number of hydrogen-bond donors (Lipinski definition) is 2. The van der Waals surface area contributed by atoms with Crippen LogP contribution in [0.5, 0.6) is 5.75 Å². The molecule has 2 N–H and O–H groups in total. The number of ether oxygens (including phenoxy) is 1. The number of carboxylic acid groups (broad SMARTS) is 1. The largest absolute Gasteiger partial charge is 0.480 e. The topological polar surface area (TPSA) is 75.6 Å². The molecule has 0 aromatic heterocycles. The van der Waals surface area contributed by atoms with E-state index in [0.29, 0.717) is 11.4 Å². The summed E-state index contributed by atoms with van der Waals surface area (Å²) in [6.45, 7) is 0.935. The van der Waals surface area contributed by atoms with Crippen LogP contribution in [0.1, 0.15) is 6.92 Å². The van der Waals surface area contributed by atoms with Crippen LogP contribution in [0, 0.1) is 0 Å². The first-order valence-electron chi connectivity index (χ1n) is 4.31. The third-order valence-corrected chi connectivity index (χ3v) is 1.55. The van der Waals surface area contributed by atoms with Crippen molar-refractivity contribution in [2.24, 2.45) is 0 Å². The minimum atomic E-state index is -1.06. The SMILES string of the molecule is CC(=O)Nc1ccccc1OCC(=O)O. The summed E-state index contributed by atoms with van der Waals surface area (Å²) in [6, 6.07) is 6.65. The number of carbonyl (C=O) groups excluding carboxylic acids is 1. The minimum Gasteiger partial charge on any atom is -0.480 e. The van der Waals surface area contributed by atoms with E-state index in [1.807, 2.05) is 0 Å². The molecular weight excluding hydrogens is 198 g/mol. The number of carboxylic acids is 1. The summed E-state index contributed by atoms with van der Waals surface area (Å²) in [6.07, 6.45) is 0. The van der Waals surface area contributed by atoms with Crippen molar-refractivity contribution in [2.45, 2.75) is 6.92 Å². The van der Waals surface area contributed by atoms with Crippen LogP contribution in [0.4, 0.5) is 5.69 Å². The van der Waals surface area contributed by atoms with Crippen LogP contribution in [0.15, 0.2) is 24.3 Å². The lowest BCUT2D eigenvalue weighted by Gasteiger charge is -2.09. The highest BCUT2D eigenvalue weighted by Crippen LogP contribution is 2.23. The maximum Gasteiger partial charge on any atom is 0.341 e. The Labute approximate surface area is 86.7 Å². The van der Waals surface area contributed by atoms with Crippen LogP contribution in [-0.4, -0.2) is 23.6 Å². The van der Waals surface area contributed by atoms with Gasteiger partial charge in [0.2, 0.25) is 5.91 Å². The number of hydrogen-bond acceptors (Lipinski definition) is 3. The maximum absolute atomic E-state index is 10.8. The predicted molar refractivity (Wildman–Crippen MR) is 53.9 cm³/mol. The first kappa shape index (κ1) is 11.0. The van der Waals surface area contributed by atoms with Gasteiger partial charge in [0.05, 0.1) is 5.69 Å². The van der Waals surface area contributed by atoms with Crippen LogP contribution < -0.4 is 10.1 Å². The van der Waals surface area contributed by atoms with Gasteiger partial charge in [-0.25, -0.2) is 4.79 Å². The lowest BCUT2D eigenvalue weighted by atomic mass is 10.3. The van der Waals surface area contributed by atoms with E-state index in [4.69, 9.17) is 9.84 Å². The summed E-state index contributed by atoms with van der Waals surface area (Å²) in [5.41, 5.74) is 0.464. The molecular formula is C10H11NO4. The van der Waals surface area contributed by atoms with Gasteiger partial charge in [-0.1, -0.05) is 12.1 Å². The van der Waals surface area contributed by atoms with Crippen molar-refractivity contribution in [1.82, 2.24) is 0 Å². The second-order valence-corrected chi connectivity index (χ2v) is 2.86. The minimum absolute atomic E-state index is 0.235. The molecule has 15 heavy (non-hydrogen) atoms. The fourth-order valence-corrected chi connectivity index (χ4v) is 1.02. The zero-order chi connectivity index (χ0) is 11.3. The molecule has 0 aliphatic rings. The van der Waals surface area contributed by atoms with Gasteiger partial charge >= 0.3 is 5.97 Å². The summed E-state index contributed by atoms with van der Waals surface area (Å²) in [4.78, 5) is 21.1. The van der Waals surface area contributed by atoms with E-state index in [-0.39, 0.29) is 5.91 Å². The normalized spacial score (nSPS) is 9.40. The number of aliphatic carboxylic acids is 1. The summed E-state index contributed by atoms with van der Waals surface area (Å²) < 4.78 is 4.99. The van der Waals surface area contributed by atoms with Gasteiger partial charge in [-0.3, -0.25) is 4.79 Å². The van der Waals surface area contributed by atoms with Crippen molar-refractivity contribution in [3.05, 3.63) is 24.3 Å². The van der Waals surface area contributed by atoms with Crippen molar-refractivity contribution in [3.63, 3.8) is 0 Å². The molecule has 0 aliphatic heterocycles. The number of benzene rings is 1. The van der Waals surface area contributed by atoms with Crippen LogP contribution in [0.25, 0.3) is 0 Å². The zero-order valence-corrected chi connectivity index (χ0v) is 8.19. The second kappa shape index (κ2) is 4.99. The van der Waals surface area contributed by atoms with Crippen LogP contribution in [-0.2, 0) is 9.59 Å². The van der Waals surface area contributed by atoms with Gasteiger partial charge in [0.1, 0.15) is 5.75 Å². The summed E-state index contributed by atoms with van der Waals surface area (Å²) in [5, 5.41) is 11.0. The number of para-hydroxylation sites is 2. The van der Waals surface area contributed by atoms with Crippen molar-refractivity contribution in [2.75, 3.05) is 11.9 Å². The van der Waals surface area contributed by atoms with Crippen LogP contribution in [0.2, 0.25) is 0 Å². The van der Waals surface area contributed by atoms with Gasteiger partial charge in [0.25, 0.3) is 0 Å². The van der Waals surface area contributed by atoms with Gasteiger partial charge in [-0.15, -0.1) is 0 Å². The maximum atomic E-state index is 10.8. The first-order valence-corrected chi connectivity index (χ1v) is 4.31. The zero-order valence-electron chi connectivity index (χ0n) is 8.19. The molecule has 0 spiro atoms. The van der Waals surface area contributed by atoms with Crippen molar-refractivity contribution >= 4 is 17.6 Å². The highest BCUT2D eigenvalue weighted by atomic mass is 16.5. The van der Waals surface area contributed by atoms with E-state index in [0.717, 1.165) is 0 Å². The lowest BCUT2D eigenvalue weighted by molar-refractivity contribution is -0.139. The van der Waals surface area contributed by atoms with Crippen molar-refractivity contribution < 1.29 is 19.4 Å². The summed E-state index contributed by atoms with van der Waals surface area (Å²) in [7, 11) is 0. The fourth-order valence-electron chi connectivity index (χ4n) is 1.02. The molecule has 5 heteroatoms. The molecule has 0 heterocycles. The lowest BCUT2D eigenvalue weighted by Crippen LogP contribution is -2.12. The summed E-state index contributed by atoms with van der Waals surface area (Å²) >= 11 is 0. The third kappa shape index (κ3) is 3.68. The molecule has 0 saturated carbocycles. The van der Waals surface area contributed by atoms with Gasteiger partial charge in [0, 0.05) is 6.92 Å². The van der Waals surface area contributed by atoms with Crippen LogP contribution in [0.3, 0.4) is 0 Å².